The number of hydrogen-bond donors (Lipinski definition) is 2. The summed E-state index contributed by atoms with van der Waals surface area (Å²) in [6.45, 7) is 5.39. The van der Waals surface area contributed by atoms with Gasteiger partial charge in [-0.2, -0.15) is 0 Å². The number of amides is 2. The van der Waals surface area contributed by atoms with Crippen LogP contribution >= 0.6 is 0 Å². The van der Waals surface area contributed by atoms with Gasteiger partial charge in [0, 0.05) is 19.5 Å². The monoisotopic (exact) mass is 300 g/mol. The maximum atomic E-state index is 12.2. The van der Waals surface area contributed by atoms with Crippen molar-refractivity contribution in [2.75, 3.05) is 20.2 Å². The predicted octanol–water partition coefficient (Wildman–Crippen LogP) is 1.22. The van der Waals surface area contributed by atoms with Crippen molar-refractivity contribution in [2.45, 2.75) is 45.6 Å². The summed E-state index contributed by atoms with van der Waals surface area (Å²) in [6, 6.07) is -1.47. The van der Waals surface area contributed by atoms with Gasteiger partial charge >= 0.3 is 18.0 Å². The molecule has 1 atom stereocenters. The Labute approximate surface area is 124 Å². The topological polar surface area (TPSA) is 95.9 Å². The van der Waals surface area contributed by atoms with E-state index >= 15 is 0 Å². The fourth-order valence-electron chi connectivity index (χ4n) is 2.46. The van der Waals surface area contributed by atoms with E-state index < -0.39 is 18.0 Å². The van der Waals surface area contributed by atoms with Gasteiger partial charge in [0.15, 0.2) is 0 Å². The van der Waals surface area contributed by atoms with Crippen molar-refractivity contribution < 1.29 is 24.2 Å². The summed E-state index contributed by atoms with van der Waals surface area (Å²) in [5.41, 5.74) is 0.0420. The zero-order chi connectivity index (χ0) is 16.0. The van der Waals surface area contributed by atoms with Crippen LogP contribution in [-0.2, 0) is 14.3 Å². The molecule has 0 bridgehead atoms. The molecule has 0 aromatic heterocycles. The van der Waals surface area contributed by atoms with Crippen molar-refractivity contribution in [3.63, 3.8) is 0 Å². The highest BCUT2D eigenvalue weighted by molar-refractivity contribution is 5.83. The van der Waals surface area contributed by atoms with Crippen LogP contribution in [0.1, 0.15) is 39.5 Å². The quantitative estimate of drug-likeness (QED) is 0.744. The first-order valence-electron chi connectivity index (χ1n) is 7.10. The lowest BCUT2D eigenvalue weighted by Crippen LogP contribution is -2.52. The Kier molecular flexibility index (Phi) is 5.99. The van der Waals surface area contributed by atoms with Gasteiger partial charge in [-0.15, -0.1) is 0 Å². The van der Waals surface area contributed by atoms with E-state index in [0.29, 0.717) is 13.1 Å². The minimum atomic E-state index is -1.15. The third-order valence-corrected chi connectivity index (χ3v) is 3.65. The molecule has 0 saturated carbocycles. The second-order valence-electron chi connectivity index (χ2n) is 6.14. The Bertz CT molecular complexity index is 408. The Morgan fingerprint density at radius 2 is 2.05 bits per heavy atom. The van der Waals surface area contributed by atoms with Gasteiger partial charge in [-0.3, -0.25) is 4.79 Å². The second-order valence-corrected chi connectivity index (χ2v) is 6.14. The van der Waals surface area contributed by atoms with Crippen LogP contribution in [0.15, 0.2) is 0 Å². The average Bonchev–Trinajstić information content (AvgIpc) is 2.41. The largest absolute Gasteiger partial charge is 0.480 e. The molecule has 0 spiro atoms. The minimum Gasteiger partial charge on any atom is -0.480 e. The van der Waals surface area contributed by atoms with E-state index in [1.165, 1.54) is 7.11 Å². The number of ether oxygens (including phenoxy) is 1. The molecule has 0 aromatic carbocycles. The lowest BCUT2D eigenvalue weighted by atomic mass is 9.84. The van der Waals surface area contributed by atoms with Gasteiger partial charge in [0.1, 0.15) is 6.04 Å². The summed E-state index contributed by atoms with van der Waals surface area (Å²) in [4.78, 5) is 36.0. The molecule has 1 rings (SSSR count). The van der Waals surface area contributed by atoms with E-state index in [0.717, 1.165) is 12.8 Å². The maximum Gasteiger partial charge on any atom is 0.326 e. The van der Waals surface area contributed by atoms with Crippen molar-refractivity contribution in [1.29, 1.82) is 0 Å². The van der Waals surface area contributed by atoms with Gasteiger partial charge in [0.25, 0.3) is 0 Å². The molecule has 0 aliphatic carbocycles. The molecule has 0 radical (unpaired) electrons. The zero-order valence-electron chi connectivity index (χ0n) is 12.8. The second kappa shape index (κ2) is 7.28. The van der Waals surface area contributed by atoms with E-state index in [-0.39, 0.29) is 24.3 Å². The molecule has 2 N–H and O–H groups in total. The van der Waals surface area contributed by atoms with Gasteiger partial charge in [0.2, 0.25) is 0 Å². The first-order valence-corrected chi connectivity index (χ1v) is 7.10. The molecular weight excluding hydrogens is 276 g/mol. The Balaban J connectivity index is 2.56. The van der Waals surface area contributed by atoms with Crippen molar-refractivity contribution >= 4 is 18.0 Å². The molecule has 0 aromatic rings. The fraction of sp³-hybridized carbons (Fsp3) is 0.786. The number of carboxylic acids is 1. The molecule has 1 fully saturated rings. The first kappa shape index (κ1) is 17.3. The highest BCUT2D eigenvalue weighted by Gasteiger charge is 2.31. The first-order chi connectivity index (χ1) is 9.75. The highest BCUT2D eigenvalue weighted by Crippen LogP contribution is 2.28. The summed E-state index contributed by atoms with van der Waals surface area (Å²) in [7, 11) is 1.24. The number of nitrogens with zero attached hydrogens (tertiary/aromatic N) is 1. The Morgan fingerprint density at radius 3 is 2.57 bits per heavy atom. The molecule has 1 saturated heterocycles. The van der Waals surface area contributed by atoms with E-state index in [1.54, 1.807) is 4.90 Å². The Hall–Kier alpha value is -1.79. The summed E-state index contributed by atoms with van der Waals surface area (Å²) >= 11 is 0. The molecule has 7 heteroatoms. The summed E-state index contributed by atoms with van der Waals surface area (Å²) < 4.78 is 4.47. The number of hydrogen-bond acceptors (Lipinski definition) is 4. The average molecular weight is 300 g/mol. The lowest BCUT2D eigenvalue weighted by Gasteiger charge is -2.38. The van der Waals surface area contributed by atoms with Crippen LogP contribution in [0, 0.1) is 5.41 Å². The molecule has 7 nitrogen and oxygen atoms in total. The van der Waals surface area contributed by atoms with E-state index in [4.69, 9.17) is 5.11 Å². The van der Waals surface area contributed by atoms with Crippen molar-refractivity contribution in [3.8, 4) is 0 Å². The van der Waals surface area contributed by atoms with Crippen molar-refractivity contribution in [1.82, 2.24) is 10.2 Å². The SMILES string of the molecule is COC(=O)CC[C@H](NC(=O)N1CCCC(C)(C)C1)C(=O)O. The lowest BCUT2D eigenvalue weighted by molar-refractivity contribution is -0.142. The zero-order valence-corrected chi connectivity index (χ0v) is 12.8. The van der Waals surface area contributed by atoms with Crippen LogP contribution in [0.5, 0.6) is 0 Å². The van der Waals surface area contributed by atoms with Gasteiger partial charge in [-0.1, -0.05) is 13.8 Å². The maximum absolute atomic E-state index is 12.2. The number of urea groups is 1. The molecule has 21 heavy (non-hydrogen) atoms. The summed E-state index contributed by atoms with van der Waals surface area (Å²) in [6.07, 6.45) is 1.92. The number of piperidine rings is 1. The van der Waals surface area contributed by atoms with Gasteiger partial charge in [-0.25, -0.2) is 9.59 Å². The number of rotatable bonds is 5. The van der Waals surface area contributed by atoms with Crippen LogP contribution in [0.3, 0.4) is 0 Å². The highest BCUT2D eigenvalue weighted by atomic mass is 16.5. The number of aliphatic carboxylic acids is 1. The van der Waals surface area contributed by atoms with Crippen molar-refractivity contribution in [3.05, 3.63) is 0 Å². The fourth-order valence-corrected chi connectivity index (χ4v) is 2.46. The molecule has 120 valence electrons. The van der Waals surface area contributed by atoms with Crippen molar-refractivity contribution in [2.24, 2.45) is 5.41 Å². The molecule has 1 aliphatic heterocycles. The molecule has 0 unspecified atom stereocenters. The third kappa shape index (κ3) is 5.61. The summed E-state index contributed by atoms with van der Waals surface area (Å²) in [5.74, 6) is -1.64. The van der Waals surface area contributed by atoms with Crippen LogP contribution in [-0.4, -0.2) is 54.2 Å². The Morgan fingerprint density at radius 1 is 1.38 bits per heavy atom. The standard InChI is InChI=1S/C14H24N2O5/c1-14(2)7-4-8-16(9-14)13(20)15-10(12(18)19)5-6-11(17)21-3/h10H,4-9H2,1-3H3,(H,15,20)(H,18,19)/t10-/m0/s1. The number of esters is 1. The van der Waals surface area contributed by atoms with E-state index in [2.05, 4.69) is 23.9 Å². The number of carbonyl (C=O) groups is 3. The van der Waals surface area contributed by atoms with Crippen LogP contribution in [0.4, 0.5) is 4.79 Å². The number of carboxylic acid groups (broad SMARTS) is 1. The third-order valence-electron chi connectivity index (χ3n) is 3.65. The van der Waals surface area contributed by atoms with E-state index in [9.17, 15) is 14.4 Å². The predicted molar refractivity (Wildman–Crippen MR) is 75.8 cm³/mol. The van der Waals surface area contributed by atoms with Crippen LogP contribution < -0.4 is 5.32 Å². The van der Waals surface area contributed by atoms with E-state index in [1.807, 2.05) is 0 Å². The normalized spacial score (nSPS) is 18.7. The number of carbonyl (C=O) groups excluding carboxylic acids is 2. The van der Waals surface area contributed by atoms with Gasteiger partial charge in [0.05, 0.1) is 7.11 Å². The van der Waals surface area contributed by atoms with Crippen LogP contribution in [0.25, 0.3) is 0 Å². The van der Waals surface area contributed by atoms with Crippen LogP contribution in [0.2, 0.25) is 0 Å². The number of methoxy groups -OCH3 is 1. The smallest absolute Gasteiger partial charge is 0.326 e. The van der Waals surface area contributed by atoms with Gasteiger partial charge in [-0.05, 0) is 24.7 Å². The number of nitrogens with one attached hydrogen (secondary N) is 1. The molecule has 1 aliphatic rings. The number of likely N-dealkylation sites (tertiary alicyclic amines) is 1. The molecular formula is C14H24N2O5. The summed E-state index contributed by atoms with van der Waals surface area (Å²) in [5, 5.41) is 11.6. The minimum absolute atomic E-state index is 0.0188. The van der Waals surface area contributed by atoms with Gasteiger partial charge < -0.3 is 20.1 Å². The molecule has 1 heterocycles. The molecule has 2 amide bonds.